The summed E-state index contributed by atoms with van der Waals surface area (Å²) in [6, 6.07) is 7.21. The summed E-state index contributed by atoms with van der Waals surface area (Å²) < 4.78 is 10.7. The van der Waals surface area contributed by atoms with E-state index in [0.717, 1.165) is 0 Å². The molecule has 1 aromatic rings. The molecule has 0 aliphatic heterocycles. The number of nitrogens with zero attached hydrogens (tertiary/aromatic N) is 1. The maximum absolute atomic E-state index is 12.2. The fourth-order valence-electron chi connectivity index (χ4n) is 1.76. The van der Waals surface area contributed by atoms with Crippen LogP contribution in [-0.2, 0) is 4.79 Å². The van der Waals surface area contributed by atoms with E-state index in [1.165, 1.54) is 7.11 Å². The number of ether oxygens (including phenoxy) is 2. The highest BCUT2D eigenvalue weighted by Crippen LogP contribution is 2.29. The van der Waals surface area contributed by atoms with Crippen LogP contribution in [0.15, 0.2) is 36.4 Å². The summed E-state index contributed by atoms with van der Waals surface area (Å²) >= 11 is 0. The van der Waals surface area contributed by atoms with Crippen molar-refractivity contribution in [2.24, 2.45) is 5.41 Å². The maximum Gasteiger partial charge on any atom is 0.178 e. The normalized spacial score (nSPS) is 11.5. The number of Topliss-reactive ketones (excluding diaryl/α,β-unsaturated/α-hetero) is 1. The molecule has 0 bridgehead atoms. The highest BCUT2D eigenvalue weighted by molar-refractivity contribution is 6.06. The average molecular weight is 299 g/mol. The van der Waals surface area contributed by atoms with Gasteiger partial charge in [-0.2, -0.15) is 5.26 Å². The molecule has 116 valence electrons. The highest BCUT2D eigenvalue weighted by Gasteiger charge is 2.25. The van der Waals surface area contributed by atoms with Crippen LogP contribution in [0.5, 0.6) is 11.5 Å². The Hall–Kier alpha value is -2.54. The molecule has 0 aliphatic rings. The smallest absolute Gasteiger partial charge is 0.178 e. The second-order valence-electron chi connectivity index (χ2n) is 5.76. The molecular formula is C18H21NO3. The van der Waals surface area contributed by atoms with E-state index in [1.54, 1.807) is 51.1 Å². The number of benzene rings is 1. The molecule has 1 rings (SSSR count). The third kappa shape index (κ3) is 4.49. The van der Waals surface area contributed by atoms with Gasteiger partial charge < -0.3 is 9.47 Å². The number of carbonyl (C=O) groups is 1. The molecule has 0 saturated heterocycles. The Bertz CT molecular complexity index is 631. The van der Waals surface area contributed by atoms with Gasteiger partial charge in [0, 0.05) is 5.41 Å². The van der Waals surface area contributed by atoms with Gasteiger partial charge in [-0.1, -0.05) is 39.5 Å². The summed E-state index contributed by atoms with van der Waals surface area (Å²) in [6.07, 6.45) is 3.20. The second-order valence-corrected chi connectivity index (χ2v) is 5.76. The van der Waals surface area contributed by atoms with Crippen molar-refractivity contribution in [3.05, 3.63) is 42.0 Å². The minimum Gasteiger partial charge on any atom is -0.493 e. The Morgan fingerprint density at radius 2 is 2.05 bits per heavy atom. The molecule has 4 heteroatoms. The van der Waals surface area contributed by atoms with E-state index in [1.807, 2.05) is 6.07 Å². The van der Waals surface area contributed by atoms with Crippen LogP contribution in [0.3, 0.4) is 0 Å². The third-order valence-corrected chi connectivity index (χ3v) is 2.90. The van der Waals surface area contributed by atoms with Crippen LogP contribution in [0, 0.1) is 16.7 Å². The van der Waals surface area contributed by atoms with E-state index in [9.17, 15) is 10.1 Å². The first-order chi connectivity index (χ1) is 10.3. The van der Waals surface area contributed by atoms with Crippen LogP contribution in [0.2, 0.25) is 0 Å². The van der Waals surface area contributed by atoms with Gasteiger partial charge in [-0.05, 0) is 23.8 Å². The first kappa shape index (κ1) is 17.5. The van der Waals surface area contributed by atoms with Gasteiger partial charge in [0.2, 0.25) is 0 Å². The molecule has 0 spiro atoms. The van der Waals surface area contributed by atoms with Gasteiger partial charge in [0.05, 0.1) is 12.7 Å². The molecule has 0 saturated carbocycles. The van der Waals surface area contributed by atoms with Crippen LogP contribution >= 0.6 is 0 Å². The van der Waals surface area contributed by atoms with Crippen molar-refractivity contribution < 1.29 is 14.3 Å². The monoisotopic (exact) mass is 299 g/mol. The van der Waals surface area contributed by atoms with Crippen molar-refractivity contribution in [3.8, 4) is 17.6 Å². The van der Waals surface area contributed by atoms with Crippen molar-refractivity contribution >= 4 is 11.9 Å². The number of carbonyl (C=O) groups excluding carboxylic acids is 1. The Morgan fingerprint density at radius 3 is 2.55 bits per heavy atom. The lowest BCUT2D eigenvalue weighted by atomic mass is 9.86. The molecule has 22 heavy (non-hydrogen) atoms. The van der Waals surface area contributed by atoms with Gasteiger partial charge in [-0.25, -0.2) is 0 Å². The summed E-state index contributed by atoms with van der Waals surface area (Å²) in [6.45, 7) is 9.32. The molecule has 0 N–H and O–H groups in total. The fourth-order valence-corrected chi connectivity index (χ4v) is 1.76. The Morgan fingerprint density at radius 1 is 1.36 bits per heavy atom. The van der Waals surface area contributed by atoms with E-state index in [0.29, 0.717) is 23.7 Å². The number of hydrogen-bond acceptors (Lipinski definition) is 4. The topological polar surface area (TPSA) is 59.3 Å². The predicted octanol–water partition coefficient (Wildman–Crippen LogP) is 3.78. The lowest BCUT2D eigenvalue weighted by molar-refractivity contribution is -0.121. The van der Waals surface area contributed by atoms with Gasteiger partial charge in [-0.15, -0.1) is 0 Å². The van der Waals surface area contributed by atoms with Crippen LogP contribution in [0.1, 0.15) is 26.3 Å². The van der Waals surface area contributed by atoms with E-state index in [4.69, 9.17) is 9.47 Å². The second kappa shape index (κ2) is 7.46. The van der Waals surface area contributed by atoms with Gasteiger partial charge >= 0.3 is 0 Å². The minimum absolute atomic E-state index is 0.120. The first-order valence-electron chi connectivity index (χ1n) is 6.91. The fraction of sp³-hybridized carbons (Fsp3) is 0.333. The minimum atomic E-state index is -0.599. The number of methoxy groups -OCH3 is 1. The number of allylic oxidation sites excluding steroid dienone is 1. The maximum atomic E-state index is 12.2. The van der Waals surface area contributed by atoms with Crippen LogP contribution in [-0.4, -0.2) is 19.5 Å². The molecule has 0 unspecified atom stereocenters. The lowest BCUT2D eigenvalue weighted by Gasteiger charge is -2.15. The number of rotatable bonds is 6. The average Bonchev–Trinajstić information content (AvgIpc) is 2.49. The van der Waals surface area contributed by atoms with Crippen molar-refractivity contribution in [2.45, 2.75) is 20.8 Å². The Kier molecular flexibility index (Phi) is 5.94. The largest absolute Gasteiger partial charge is 0.493 e. The zero-order valence-corrected chi connectivity index (χ0v) is 13.5. The summed E-state index contributed by atoms with van der Waals surface area (Å²) in [5.74, 6) is 0.928. The molecule has 0 heterocycles. The van der Waals surface area contributed by atoms with Crippen molar-refractivity contribution in [2.75, 3.05) is 13.7 Å². The number of hydrogen-bond donors (Lipinski definition) is 0. The van der Waals surface area contributed by atoms with Crippen molar-refractivity contribution in [1.82, 2.24) is 0 Å². The summed E-state index contributed by atoms with van der Waals surface area (Å²) in [7, 11) is 1.54. The van der Waals surface area contributed by atoms with Gasteiger partial charge in [-0.3, -0.25) is 4.79 Å². The predicted molar refractivity (Wildman–Crippen MR) is 86.7 cm³/mol. The van der Waals surface area contributed by atoms with E-state index in [2.05, 4.69) is 6.58 Å². The molecule has 0 atom stereocenters. The number of nitriles is 1. The molecule has 1 aromatic carbocycles. The molecule has 0 aromatic heterocycles. The standard InChI is InChI=1S/C18H21NO3/c1-6-9-22-15-8-7-13(11-16(15)21-5)10-14(12-19)17(20)18(2,3)4/h6-8,10-11H,1,9H2,2-5H3/b14-10+. The van der Waals surface area contributed by atoms with Crippen molar-refractivity contribution in [1.29, 1.82) is 5.26 Å². The Balaban J connectivity index is 3.16. The molecule has 0 aliphatic carbocycles. The molecule has 0 radical (unpaired) electrons. The molecule has 0 amide bonds. The van der Waals surface area contributed by atoms with Gasteiger partial charge in [0.25, 0.3) is 0 Å². The van der Waals surface area contributed by atoms with Crippen LogP contribution in [0.4, 0.5) is 0 Å². The third-order valence-electron chi connectivity index (χ3n) is 2.90. The van der Waals surface area contributed by atoms with E-state index < -0.39 is 5.41 Å². The molecule has 0 fully saturated rings. The first-order valence-corrected chi connectivity index (χ1v) is 6.91. The zero-order valence-electron chi connectivity index (χ0n) is 13.5. The van der Waals surface area contributed by atoms with Gasteiger partial charge in [0.1, 0.15) is 12.7 Å². The van der Waals surface area contributed by atoms with Crippen LogP contribution in [0.25, 0.3) is 6.08 Å². The summed E-state index contributed by atoms with van der Waals surface area (Å²) in [4.78, 5) is 12.2. The van der Waals surface area contributed by atoms with Crippen molar-refractivity contribution in [3.63, 3.8) is 0 Å². The molecular weight excluding hydrogens is 278 g/mol. The SMILES string of the molecule is C=CCOc1ccc(/C=C(\C#N)C(=O)C(C)(C)C)cc1OC. The number of ketones is 1. The van der Waals surface area contributed by atoms with E-state index >= 15 is 0 Å². The van der Waals surface area contributed by atoms with E-state index in [-0.39, 0.29) is 11.4 Å². The zero-order chi connectivity index (χ0) is 16.8. The molecule has 4 nitrogen and oxygen atoms in total. The quantitative estimate of drug-likeness (QED) is 0.455. The summed E-state index contributed by atoms with van der Waals surface area (Å²) in [5.41, 5.74) is 0.227. The lowest BCUT2D eigenvalue weighted by Crippen LogP contribution is -2.21. The van der Waals surface area contributed by atoms with Crippen LogP contribution < -0.4 is 9.47 Å². The summed E-state index contributed by atoms with van der Waals surface area (Å²) in [5, 5.41) is 9.21. The highest BCUT2D eigenvalue weighted by atomic mass is 16.5. The Labute approximate surface area is 131 Å². The van der Waals surface area contributed by atoms with Gasteiger partial charge in [0.15, 0.2) is 17.3 Å².